The van der Waals surface area contributed by atoms with Gasteiger partial charge in [-0.3, -0.25) is 0 Å². The lowest BCUT2D eigenvalue weighted by Gasteiger charge is -2.34. The lowest BCUT2D eigenvalue weighted by molar-refractivity contribution is -0.118. The number of rotatable bonds is 4. The Morgan fingerprint density at radius 3 is 2.45 bits per heavy atom. The monoisotopic (exact) mass is 154 g/mol. The summed E-state index contributed by atoms with van der Waals surface area (Å²) in [6.07, 6.45) is 6.13. The van der Waals surface area contributed by atoms with E-state index in [9.17, 15) is 4.79 Å². The van der Waals surface area contributed by atoms with Crippen LogP contribution in [-0.2, 0) is 4.79 Å². The number of carbonyl (C=O) groups is 1. The maximum atomic E-state index is 10.7. The molecule has 1 aliphatic rings. The van der Waals surface area contributed by atoms with Crippen molar-refractivity contribution in [2.75, 3.05) is 0 Å². The van der Waals surface area contributed by atoms with Gasteiger partial charge in [-0.1, -0.05) is 19.8 Å². The van der Waals surface area contributed by atoms with Gasteiger partial charge in [-0.15, -0.1) is 0 Å². The second-order valence-corrected chi connectivity index (χ2v) is 3.90. The molecular weight excluding hydrogens is 136 g/mol. The Morgan fingerprint density at radius 1 is 1.36 bits per heavy atom. The summed E-state index contributed by atoms with van der Waals surface area (Å²) in [5.41, 5.74) is 0. The fraction of sp³-hybridized carbons (Fsp3) is 0.900. The molecule has 0 aromatic heterocycles. The first-order chi connectivity index (χ1) is 5.22. The van der Waals surface area contributed by atoms with Gasteiger partial charge in [0.1, 0.15) is 5.78 Å². The van der Waals surface area contributed by atoms with Gasteiger partial charge in [0.15, 0.2) is 0 Å². The topological polar surface area (TPSA) is 17.1 Å². The normalized spacial score (nSPS) is 29.6. The molecule has 0 aromatic rings. The Morgan fingerprint density at radius 2 is 2.00 bits per heavy atom. The fourth-order valence-electron chi connectivity index (χ4n) is 2.09. The lowest BCUT2D eigenvalue weighted by Crippen LogP contribution is -2.25. The zero-order chi connectivity index (χ0) is 8.27. The van der Waals surface area contributed by atoms with Crippen LogP contribution < -0.4 is 0 Å². The van der Waals surface area contributed by atoms with Crippen molar-refractivity contribution in [3.05, 3.63) is 0 Å². The summed E-state index contributed by atoms with van der Waals surface area (Å²) in [4.78, 5) is 10.7. The molecule has 0 N–H and O–H groups in total. The molecule has 1 heteroatoms. The van der Waals surface area contributed by atoms with Gasteiger partial charge in [0, 0.05) is 6.42 Å². The molecule has 0 aliphatic heterocycles. The summed E-state index contributed by atoms with van der Waals surface area (Å²) in [5.74, 6) is 2.05. The van der Waals surface area contributed by atoms with Crippen LogP contribution in [0.25, 0.3) is 0 Å². The number of hydrogen-bond acceptors (Lipinski definition) is 1. The summed E-state index contributed by atoms with van der Waals surface area (Å²) in [6.45, 7) is 3.94. The van der Waals surface area contributed by atoms with Gasteiger partial charge in [0.25, 0.3) is 0 Å². The Bertz CT molecular complexity index is 134. The van der Waals surface area contributed by atoms with E-state index in [1.54, 1.807) is 6.92 Å². The highest BCUT2D eigenvalue weighted by Gasteiger charge is 2.28. The highest BCUT2D eigenvalue weighted by molar-refractivity contribution is 5.75. The predicted octanol–water partition coefficient (Wildman–Crippen LogP) is 2.79. The van der Waals surface area contributed by atoms with Crippen molar-refractivity contribution in [3.63, 3.8) is 0 Å². The quantitative estimate of drug-likeness (QED) is 0.608. The highest BCUT2D eigenvalue weighted by atomic mass is 16.1. The van der Waals surface area contributed by atoms with Crippen LogP contribution in [0.1, 0.15) is 46.0 Å². The third-order valence-corrected chi connectivity index (χ3v) is 2.61. The molecule has 0 heterocycles. The zero-order valence-electron chi connectivity index (χ0n) is 7.60. The standard InChI is InChI=1S/C10H18O/c1-3-4-9-6-10(7-9)5-8(2)11/h9-10H,3-7H2,1-2H3. The van der Waals surface area contributed by atoms with Gasteiger partial charge in [-0.25, -0.2) is 0 Å². The highest BCUT2D eigenvalue weighted by Crippen LogP contribution is 2.38. The van der Waals surface area contributed by atoms with Crippen molar-refractivity contribution in [2.45, 2.75) is 46.0 Å². The van der Waals surface area contributed by atoms with E-state index < -0.39 is 0 Å². The van der Waals surface area contributed by atoms with Crippen molar-refractivity contribution in [1.82, 2.24) is 0 Å². The summed E-state index contributed by atoms with van der Waals surface area (Å²) in [7, 11) is 0. The van der Waals surface area contributed by atoms with E-state index in [0.29, 0.717) is 5.78 Å². The minimum Gasteiger partial charge on any atom is -0.300 e. The molecule has 0 saturated heterocycles. The van der Waals surface area contributed by atoms with Crippen LogP contribution >= 0.6 is 0 Å². The first-order valence-electron chi connectivity index (χ1n) is 4.71. The molecular formula is C10H18O. The Labute approximate surface area is 69.2 Å². The first kappa shape index (κ1) is 8.76. The van der Waals surface area contributed by atoms with E-state index in [0.717, 1.165) is 18.3 Å². The molecule has 0 atom stereocenters. The molecule has 11 heavy (non-hydrogen) atoms. The molecule has 1 fully saturated rings. The largest absolute Gasteiger partial charge is 0.300 e. The van der Waals surface area contributed by atoms with E-state index in [1.807, 2.05) is 0 Å². The molecule has 1 rings (SSSR count). The van der Waals surface area contributed by atoms with Crippen LogP contribution in [-0.4, -0.2) is 5.78 Å². The van der Waals surface area contributed by atoms with Crippen molar-refractivity contribution in [3.8, 4) is 0 Å². The second-order valence-electron chi connectivity index (χ2n) is 3.90. The molecule has 0 unspecified atom stereocenters. The number of carbonyl (C=O) groups excluding carboxylic acids is 1. The second kappa shape index (κ2) is 3.89. The van der Waals surface area contributed by atoms with Gasteiger partial charge < -0.3 is 4.79 Å². The van der Waals surface area contributed by atoms with Crippen LogP contribution in [0, 0.1) is 11.8 Å². The van der Waals surface area contributed by atoms with Crippen molar-refractivity contribution < 1.29 is 4.79 Å². The van der Waals surface area contributed by atoms with Gasteiger partial charge in [-0.2, -0.15) is 0 Å². The van der Waals surface area contributed by atoms with Gasteiger partial charge in [0.05, 0.1) is 0 Å². The van der Waals surface area contributed by atoms with Crippen molar-refractivity contribution in [1.29, 1.82) is 0 Å². The van der Waals surface area contributed by atoms with E-state index in [2.05, 4.69) is 6.92 Å². The first-order valence-corrected chi connectivity index (χ1v) is 4.71. The molecule has 0 aromatic carbocycles. The SMILES string of the molecule is CCCC1CC(CC(C)=O)C1. The number of Topliss-reactive ketones (excluding diaryl/α,β-unsaturated/α-hetero) is 1. The molecule has 1 saturated carbocycles. The van der Waals surface area contributed by atoms with Gasteiger partial charge >= 0.3 is 0 Å². The summed E-state index contributed by atoms with van der Waals surface area (Å²) >= 11 is 0. The van der Waals surface area contributed by atoms with Crippen LogP contribution in [0.15, 0.2) is 0 Å². The summed E-state index contributed by atoms with van der Waals surface area (Å²) in [5, 5.41) is 0. The minimum atomic E-state index is 0.366. The smallest absolute Gasteiger partial charge is 0.130 e. The average molecular weight is 154 g/mol. The Hall–Kier alpha value is -0.330. The Balaban J connectivity index is 2.04. The summed E-state index contributed by atoms with van der Waals surface area (Å²) in [6, 6.07) is 0. The van der Waals surface area contributed by atoms with Crippen LogP contribution in [0.3, 0.4) is 0 Å². The maximum absolute atomic E-state index is 10.7. The lowest BCUT2D eigenvalue weighted by atomic mass is 9.71. The maximum Gasteiger partial charge on any atom is 0.130 e. The van der Waals surface area contributed by atoms with Crippen LogP contribution in [0.5, 0.6) is 0 Å². The number of hydrogen-bond donors (Lipinski definition) is 0. The zero-order valence-corrected chi connectivity index (χ0v) is 7.60. The van der Waals surface area contributed by atoms with Gasteiger partial charge in [0.2, 0.25) is 0 Å². The molecule has 64 valence electrons. The molecule has 1 nitrogen and oxygen atoms in total. The average Bonchev–Trinajstić information content (AvgIpc) is 1.82. The predicted molar refractivity (Wildman–Crippen MR) is 46.4 cm³/mol. The number of ketones is 1. The van der Waals surface area contributed by atoms with E-state index in [-0.39, 0.29) is 0 Å². The molecule has 0 bridgehead atoms. The third kappa shape index (κ3) is 2.64. The molecule has 0 amide bonds. The van der Waals surface area contributed by atoms with Crippen molar-refractivity contribution in [2.24, 2.45) is 11.8 Å². The van der Waals surface area contributed by atoms with Crippen LogP contribution in [0.2, 0.25) is 0 Å². The molecule has 1 aliphatic carbocycles. The molecule has 0 radical (unpaired) electrons. The summed E-state index contributed by atoms with van der Waals surface area (Å²) < 4.78 is 0. The van der Waals surface area contributed by atoms with Crippen molar-refractivity contribution >= 4 is 5.78 Å². The molecule has 0 spiro atoms. The fourth-order valence-corrected chi connectivity index (χ4v) is 2.09. The van der Waals surface area contributed by atoms with E-state index in [1.165, 1.54) is 25.7 Å². The van der Waals surface area contributed by atoms with Gasteiger partial charge in [-0.05, 0) is 31.6 Å². The Kier molecular flexibility index (Phi) is 3.10. The van der Waals surface area contributed by atoms with Crippen LogP contribution in [0.4, 0.5) is 0 Å². The third-order valence-electron chi connectivity index (χ3n) is 2.61. The van der Waals surface area contributed by atoms with E-state index >= 15 is 0 Å². The van der Waals surface area contributed by atoms with E-state index in [4.69, 9.17) is 0 Å². The minimum absolute atomic E-state index is 0.366.